The fourth-order valence-electron chi connectivity index (χ4n) is 2.31. The summed E-state index contributed by atoms with van der Waals surface area (Å²) in [5.41, 5.74) is 0. The maximum atomic E-state index is 11.4. The molecule has 136 valence electrons. The van der Waals surface area contributed by atoms with Crippen molar-refractivity contribution in [3.05, 3.63) is 0 Å². The first-order valence-corrected chi connectivity index (χ1v) is 7.20. The largest absolute Gasteiger partial charge is 0.463 e. The molecule has 0 bridgehead atoms. The van der Waals surface area contributed by atoms with Gasteiger partial charge in [0.1, 0.15) is 18.8 Å². The van der Waals surface area contributed by atoms with Gasteiger partial charge in [-0.05, 0) is 0 Å². The molecule has 1 aliphatic rings. The van der Waals surface area contributed by atoms with Gasteiger partial charge in [0.05, 0.1) is 0 Å². The zero-order valence-corrected chi connectivity index (χ0v) is 13.8. The van der Waals surface area contributed by atoms with E-state index in [0.717, 1.165) is 13.8 Å². The molecule has 10 nitrogen and oxygen atoms in total. The normalized spacial score (nSPS) is 29.3. The van der Waals surface area contributed by atoms with Crippen molar-refractivity contribution in [3.8, 4) is 0 Å². The highest BCUT2D eigenvalue weighted by Gasteiger charge is 2.50. The number of aliphatic hydroxyl groups excluding tert-OH is 1. The van der Waals surface area contributed by atoms with E-state index in [-0.39, 0.29) is 6.61 Å². The molecule has 0 radical (unpaired) electrons. The Morgan fingerprint density at radius 1 is 0.958 bits per heavy atom. The summed E-state index contributed by atoms with van der Waals surface area (Å²) in [6.07, 6.45) is -5.06. The number of esters is 3. The summed E-state index contributed by atoms with van der Waals surface area (Å²) in [6.45, 7) is 4.28. The van der Waals surface area contributed by atoms with Crippen LogP contribution >= 0.6 is 0 Å². The number of ether oxygens (including phenoxy) is 4. The highest BCUT2D eigenvalue weighted by molar-refractivity contribution is 5.73. The number of carbonyl (C=O) groups excluding carboxylic acids is 4. The van der Waals surface area contributed by atoms with Crippen molar-refractivity contribution in [2.45, 2.75) is 58.3 Å². The molecule has 0 saturated carbocycles. The van der Waals surface area contributed by atoms with Crippen molar-refractivity contribution in [3.63, 3.8) is 0 Å². The Kier molecular flexibility index (Phi) is 7.11. The molecular formula is C14H21NO9. The van der Waals surface area contributed by atoms with Crippen LogP contribution in [0.4, 0.5) is 0 Å². The van der Waals surface area contributed by atoms with Crippen molar-refractivity contribution in [1.29, 1.82) is 0 Å². The number of nitrogens with one attached hydrogen (secondary N) is 1. The molecule has 1 unspecified atom stereocenters. The van der Waals surface area contributed by atoms with Crippen LogP contribution in [0.3, 0.4) is 0 Å². The molecule has 24 heavy (non-hydrogen) atoms. The predicted molar refractivity (Wildman–Crippen MR) is 76.2 cm³/mol. The SMILES string of the molecule is CC(=O)N[C@@H]1C(O)O[C@@H](COC(C)=O)[C@H](OC(C)=O)[C@H]1OC(C)=O. The Morgan fingerprint density at radius 3 is 1.96 bits per heavy atom. The van der Waals surface area contributed by atoms with Crippen LogP contribution in [0.5, 0.6) is 0 Å². The summed E-state index contributed by atoms with van der Waals surface area (Å²) in [7, 11) is 0. The molecule has 5 atom stereocenters. The van der Waals surface area contributed by atoms with E-state index in [1.165, 1.54) is 13.8 Å². The van der Waals surface area contributed by atoms with E-state index in [1.807, 2.05) is 0 Å². The summed E-state index contributed by atoms with van der Waals surface area (Å²) in [5.74, 6) is -2.54. The molecule has 1 aliphatic heterocycles. The Balaban J connectivity index is 3.11. The molecule has 2 N–H and O–H groups in total. The first-order chi connectivity index (χ1) is 11.1. The molecule has 0 aromatic carbocycles. The maximum Gasteiger partial charge on any atom is 0.303 e. The number of carbonyl (C=O) groups is 4. The van der Waals surface area contributed by atoms with E-state index in [1.54, 1.807) is 0 Å². The Bertz CT molecular complexity index is 506. The standard InChI is InChI=1S/C14H21NO9/c1-6(16)15-11-13(23-9(4)19)12(22-8(3)18)10(24-14(11)20)5-21-7(2)17/h10-14,20H,5H2,1-4H3,(H,15,16)/t10-,11-,12-,13-,14?/m0/s1. The lowest BCUT2D eigenvalue weighted by Crippen LogP contribution is -2.66. The molecule has 1 saturated heterocycles. The number of amides is 1. The second-order valence-electron chi connectivity index (χ2n) is 5.24. The highest BCUT2D eigenvalue weighted by atomic mass is 16.7. The molecule has 0 aromatic rings. The lowest BCUT2D eigenvalue weighted by molar-refractivity contribution is -0.264. The number of hydrogen-bond acceptors (Lipinski definition) is 9. The minimum absolute atomic E-state index is 0.338. The average Bonchev–Trinajstić information content (AvgIpc) is 2.42. The minimum atomic E-state index is -1.56. The third-order valence-corrected chi connectivity index (χ3v) is 3.09. The van der Waals surface area contributed by atoms with Crippen LogP contribution < -0.4 is 5.32 Å². The van der Waals surface area contributed by atoms with Gasteiger partial charge < -0.3 is 29.4 Å². The second-order valence-corrected chi connectivity index (χ2v) is 5.24. The average molecular weight is 347 g/mol. The molecule has 0 aromatic heterocycles. The van der Waals surface area contributed by atoms with Crippen LogP contribution in [0.25, 0.3) is 0 Å². The first-order valence-electron chi connectivity index (χ1n) is 7.20. The van der Waals surface area contributed by atoms with Crippen molar-refractivity contribution in [2.75, 3.05) is 6.61 Å². The van der Waals surface area contributed by atoms with Crippen molar-refractivity contribution in [2.24, 2.45) is 0 Å². The van der Waals surface area contributed by atoms with Gasteiger partial charge in [0, 0.05) is 27.7 Å². The van der Waals surface area contributed by atoms with Crippen LogP contribution in [0.2, 0.25) is 0 Å². The zero-order chi connectivity index (χ0) is 18.4. The summed E-state index contributed by atoms with van der Waals surface area (Å²) in [6, 6.07) is -1.16. The molecule has 10 heteroatoms. The third kappa shape index (κ3) is 5.78. The summed E-state index contributed by atoms with van der Waals surface area (Å²) >= 11 is 0. The van der Waals surface area contributed by atoms with Crippen LogP contribution in [-0.2, 0) is 38.1 Å². The van der Waals surface area contributed by atoms with Crippen LogP contribution in [0.1, 0.15) is 27.7 Å². The smallest absolute Gasteiger partial charge is 0.303 e. The van der Waals surface area contributed by atoms with Gasteiger partial charge in [-0.25, -0.2) is 0 Å². The maximum absolute atomic E-state index is 11.4. The van der Waals surface area contributed by atoms with Crippen molar-refractivity contribution < 1.29 is 43.2 Å². The van der Waals surface area contributed by atoms with E-state index >= 15 is 0 Å². The highest BCUT2D eigenvalue weighted by Crippen LogP contribution is 2.26. The number of aliphatic hydroxyl groups is 1. The van der Waals surface area contributed by atoms with Gasteiger partial charge in [-0.15, -0.1) is 0 Å². The molecule has 0 aliphatic carbocycles. The summed E-state index contributed by atoms with van der Waals surface area (Å²) in [5, 5.41) is 12.5. The first kappa shape index (κ1) is 19.8. The Hall–Kier alpha value is -2.20. The lowest BCUT2D eigenvalue weighted by Gasteiger charge is -2.43. The molecule has 1 rings (SSSR count). The van der Waals surface area contributed by atoms with E-state index in [0.29, 0.717) is 0 Å². The van der Waals surface area contributed by atoms with Gasteiger partial charge in [0.25, 0.3) is 0 Å². The fourth-order valence-corrected chi connectivity index (χ4v) is 2.31. The Morgan fingerprint density at radius 2 is 1.50 bits per heavy atom. The van der Waals surface area contributed by atoms with Crippen LogP contribution in [0.15, 0.2) is 0 Å². The van der Waals surface area contributed by atoms with Gasteiger partial charge >= 0.3 is 17.9 Å². The predicted octanol–water partition coefficient (Wildman–Crippen LogP) is -1.37. The van der Waals surface area contributed by atoms with Gasteiger partial charge in [0.2, 0.25) is 5.91 Å². The van der Waals surface area contributed by atoms with Crippen LogP contribution in [0, 0.1) is 0 Å². The lowest BCUT2D eigenvalue weighted by atomic mass is 9.96. The third-order valence-electron chi connectivity index (χ3n) is 3.09. The fraction of sp³-hybridized carbons (Fsp3) is 0.714. The van der Waals surface area contributed by atoms with Gasteiger partial charge in [-0.2, -0.15) is 0 Å². The van der Waals surface area contributed by atoms with E-state index in [9.17, 15) is 24.3 Å². The monoisotopic (exact) mass is 347 g/mol. The molecule has 0 spiro atoms. The molecular weight excluding hydrogens is 326 g/mol. The van der Waals surface area contributed by atoms with Gasteiger partial charge in [-0.1, -0.05) is 0 Å². The van der Waals surface area contributed by atoms with E-state index < -0.39 is 54.5 Å². The quantitative estimate of drug-likeness (QED) is 0.456. The molecule has 1 fully saturated rings. The van der Waals surface area contributed by atoms with Crippen molar-refractivity contribution in [1.82, 2.24) is 5.32 Å². The number of hydrogen-bond donors (Lipinski definition) is 2. The van der Waals surface area contributed by atoms with Gasteiger partial charge in [0.15, 0.2) is 18.5 Å². The van der Waals surface area contributed by atoms with Crippen molar-refractivity contribution >= 4 is 23.8 Å². The van der Waals surface area contributed by atoms with Crippen LogP contribution in [-0.4, -0.2) is 66.2 Å². The number of rotatable bonds is 5. The Labute approximate surface area is 138 Å². The topological polar surface area (TPSA) is 137 Å². The summed E-state index contributed by atoms with van der Waals surface area (Å²) < 4.78 is 20.3. The molecule has 1 heterocycles. The molecule has 1 amide bonds. The minimum Gasteiger partial charge on any atom is -0.463 e. The zero-order valence-electron chi connectivity index (χ0n) is 13.8. The second kappa shape index (κ2) is 8.60. The van der Waals surface area contributed by atoms with E-state index in [2.05, 4.69) is 5.32 Å². The van der Waals surface area contributed by atoms with Gasteiger partial charge in [-0.3, -0.25) is 19.2 Å². The summed E-state index contributed by atoms with van der Waals surface area (Å²) in [4.78, 5) is 45.0. The van der Waals surface area contributed by atoms with E-state index in [4.69, 9.17) is 18.9 Å².